The zero-order valence-corrected chi connectivity index (χ0v) is 45.5. The van der Waals surface area contributed by atoms with Crippen molar-refractivity contribution in [2.24, 2.45) is 5.92 Å². The molecule has 3 heteroatoms. The van der Waals surface area contributed by atoms with E-state index in [-0.39, 0.29) is 5.92 Å². The minimum Gasteiger partial charge on any atom is -0.390 e. The standard InChI is InChI=1S/C63H117NO2/c1-7-10-13-16-19-22-25-28-31-34-37-40-43-46-49-52-55-59-63(66,58-54-51-48-45-42-39-36-33-30-27-24-21-18-15-12-9-3)61(56-60-64(5)6)62(4,65)57-53-50-47-44-41-38-35-32-29-26-23-20-17-14-11-8-2/h19-24,28-33,61,65-66H,7-18,25-27,34-60H2,1-6H3/b22-19-,23-20-,24-21-,31-28-,32-29-,33-30-. The monoisotopic (exact) mass is 920 g/mol. The third kappa shape index (κ3) is 43.6. The SMILES string of the molecule is CCCCC/C=C\C/C=C\CCCCCCCCCC(O)(CCCCCCCC/C=C\C/C=C\CCCCC)C(CCN(C)C)C(C)(O)CCCCCCCC/C=C\C/C=C\CCCCC. The molecule has 0 rings (SSSR count). The second kappa shape index (κ2) is 49.7. The first-order valence-corrected chi connectivity index (χ1v) is 29.2. The van der Waals surface area contributed by atoms with Gasteiger partial charge in [0, 0.05) is 5.92 Å². The van der Waals surface area contributed by atoms with Gasteiger partial charge in [0.25, 0.3) is 0 Å². The van der Waals surface area contributed by atoms with E-state index in [9.17, 15) is 10.2 Å². The van der Waals surface area contributed by atoms with E-state index < -0.39 is 11.2 Å². The Balaban J connectivity index is 5.03. The van der Waals surface area contributed by atoms with Crippen LogP contribution in [-0.2, 0) is 0 Å². The van der Waals surface area contributed by atoms with E-state index >= 15 is 0 Å². The Morgan fingerprint density at radius 1 is 0.348 bits per heavy atom. The maximum atomic E-state index is 12.8. The predicted octanol–water partition coefficient (Wildman–Crippen LogP) is 20.0. The second-order valence-electron chi connectivity index (χ2n) is 21.0. The van der Waals surface area contributed by atoms with Crippen LogP contribution in [0.5, 0.6) is 0 Å². The smallest absolute Gasteiger partial charge is 0.0703 e. The summed E-state index contributed by atoms with van der Waals surface area (Å²) in [5, 5.41) is 25.1. The summed E-state index contributed by atoms with van der Waals surface area (Å²) in [6.07, 6.45) is 77.2. The van der Waals surface area contributed by atoms with Crippen molar-refractivity contribution in [3.8, 4) is 0 Å². The van der Waals surface area contributed by atoms with E-state index in [4.69, 9.17) is 0 Å². The molecule has 0 fully saturated rings. The van der Waals surface area contributed by atoms with E-state index in [0.717, 1.165) is 70.8 Å². The summed E-state index contributed by atoms with van der Waals surface area (Å²) >= 11 is 0. The Morgan fingerprint density at radius 2 is 0.606 bits per heavy atom. The lowest BCUT2D eigenvalue weighted by Gasteiger charge is -2.45. The quantitative estimate of drug-likeness (QED) is 0.0472. The number of hydrogen-bond donors (Lipinski definition) is 2. The van der Waals surface area contributed by atoms with E-state index in [0.29, 0.717) is 0 Å². The van der Waals surface area contributed by atoms with Gasteiger partial charge in [-0.25, -0.2) is 0 Å². The van der Waals surface area contributed by atoms with Gasteiger partial charge in [-0.2, -0.15) is 0 Å². The molecule has 0 aromatic rings. The van der Waals surface area contributed by atoms with Gasteiger partial charge in [-0.1, -0.05) is 235 Å². The van der Waals surface area contributed by atoms with Crippen LogP contribution in [0.25, 0.3) is 0 Å². The second-order valence-corrected chi connectivity index (χ2v) is 21.0. The van der Waals surface area contributed by atoms with Gasteiger partial charge in [-0.05, 0) is 150 Å². The van der Waals surface area contributed by atoms with Crippen LogP contribution in [0.3, 0.4) is 0 Å². The van der Waals surface area contributed by atoms with Gasteiger partial charge in [0.05, 0.1) is 11.2 Å². The third-order valence-electron chi connectivity index (χ3n) is 14.0. The number of rotatable bonds is 51. The van der Waals surface area contributed by atoms with Crippen LogP contribution < -0.4 is 0 Å². The first-order valence-electron chi connectivity index (χ1n) is 29.2. The molecule has 0 saturated heterocycles. The largest absolute Gasteiger partial charge is 0.390 e. The maximum absolute atomic E-state index is 12.8. The molecule has 3 atom stereocenters. The lowest BCUT2D eigenvalue weighted by atomic mass is 9.68. The van der Waals surface area contributed by atoms with E-state index in [1.807, 2.05) is 0 Å². The molecule has 0 radical (unpaired) electrons. The molecular weight excluding hydrogens is 803 g/mol. The molecule has 0 aliphatic rings. The number of hydrogen-bond acceptors (Lipinski definition) is 3. The highest BCUT2D eigenvalue weighted by Crippen LogP contribution is 2.41. The average Bonchev–Trinajstić information content (AvgIpc) is 3.29. The Morgan fingerprint density at radius 3 is 0.894 bits per heavy atom. The molecule has 0 heterocycles. The molecular formula is C63H117NO2. The fraction of sp³-hybridized carbons (Fsp3) is 0.810. The van der Waals surface area contributed by atoms with Crippen molar-refractivity contribution in [3.05, 3.63) is 72.9 Å². The van der Waals surface area contributed by atoms with Gasteiger partial charge in [-0.3, -0.25) is 0 Å². The highest BCUT2D eigenvalue weighted by Gasteiger charge is 2.45. The summed E-state index contributed by atoms with van der Waals surface area (Å²) < 4.78 is 0. The van der Waals surface area contributed by atoms with Crippen LogP contribution >= 0.6 is 0 Å². The molecule has 0 amide bonds. The fourth-order valence-corrected chi connectivity index (χ4v) is 9.68. The maximum Gasteiger partial charge on any atom is 0.0703 e. The third-order valence-corrected chi connectivity index (χ3v) is 14.0. The normalized spacial score (nSPS) is 15.0. The number of unbranched alkanes of at least 4 members (excludes halogenated alkanes) is 28. The van der Waals surface area contributed by atoms with Gasteiger partial charge in [0.15, 0.2) is 0 Å². The summed E-state index contributed by atoms with van der Waals surface area (Å²) in [4.78, 5) is 2.24. The molecule has 386 valence electrons. The van der Waals surface area contributed by atoms with E-state index in [2.05, 4.69) is 120 Å². The zero-order valence-electron chi connectivity index (χ0n) is 45.5. The lowest BCUT2D eigenvalue weighted by Crippen LogP contribution is -2.51. The summed E-state index contributed by atoms with van der Waals surface area (Å²) in [5.74, 6) is -0.104. The molecule has 0 bridgehead atoms. The number of aliphatic hydroxyl groups is 2. The number of nitrogens with zero attached hydrogens (tertiary/aromatic N) is 1. The van der Waals surface area contributed by atoms with E-state index in [1.54, 1.807) is 0 Å². The first kappa shape index (κ1) is 64.3. The Hall–Kier alpha value is -1.68. The summed E-state index contributed by atoms with van der Waals surface area (Å²) in [7, 11) is 4.28. The van der Waals surface area contributed by atoms with Crippen molar-refractivity contribution in [2.75, 3.05) is 20.6 Å². The van der Waals surface area contributed by atoms with E-state index in [1.165, 1.54) is 199 Å². The van der Waals surface area contributed by atoms with Crippen molar-refractivity contribution in [2.45, 2.75) is 302 Å². The van der Waals surface area contributed by atoms with Crippen LogP contribution in [-0.4, -0.2) is 47.0 Å². The van der Waals surface area contributed by atoms with Gasteiger partial charge in [0.1, 0.15) is 0 Å². The highest BCUT2D eigenvalue weighted by atomic mass is 16.3. The fourth-order valence-electron chi connectivity index (χ4n) is 9.68. The van der Waals surface area contributed by atoms with Gasteiger partial charge in [0.2, 0.25) is 0 Å². The minimum absolute atomic E-state index is 0.104. The number of allylic oxidation sites excluding steroid dienone is 12. The summed E-state index contributed by atoms with van der Waals surface area (Å²) in [6, 6.07) is 0. The topological polar surface area (TPSA) is 43.7 Å². The summed E-state index contributed by atoms with van der Waals surface area (Å²) in [6.45, 7) is 9.78. The van der Waals surface area contributed by atoms with Gasteiger partial charge in [-0.15, -0.1) is 0 Å². The van der Waals surface area contributed by atoms with Crippen LogP contribution in [0.1, 0.15) is 291 Å². The van der Waals surface area contributed by atoms with Crippen LogP contribution in [0.4, 0.5) is 0 Å². The molecule has 0 aliphatic heterocycles. The van der Waals surface area contributed by atoms with Crippen molar-refractivity contribution in [1.29, 1.82) is 0 Å². The minimum atomic E-state index is -0.863. The molecule has 0 aromatic carbocycles. The van der Waals surface area contributed by atoms with Crippen molar-refractivity contribution in [1.82, 2.24) is 4.90 Å². The van der Waals surface area contributed by atoms with Crippen molar-refractivity contribution >= 4 is 0 Å². The molecule has 0 aromatic heterocycles. The zero-order chi connectivity index (χ0) is 48.3. The molecule has 66 heavy (non-hydrogen) atoms. The molecule has 3 nitrogen and oxygen atoms in total. The molecule has 2 N–H and O–H groups in total. The lowest BCUT2D eigenvalue weighted by molar-refractivity contribution is -0.135. The first-order chi connectivity index (χ1) is 32.2. The highest BCUT2D eigenvalue weighted by molar-refractivity contribution is 4.98. The van der Waals surface area contributed by atoms with Crippen LogP contribution in [0.2, 0.25) is 0 Å². The van der Waals surface area contributed by atoms with Crippen molar-refractivity contribution < 1.29 is 10.2 Å². The Kier molecular flexibility index (Phi) is 48.5. The predicted molar refractivity (Wildman–Crippen MR) is 299 cm³/mol. The van der Waals surface area contributed by atoms with Crippen LogP contribution in [0, 0.1) is 5.92 Å². The molecule has 0 saturated carbocycles. The Labute approximate surface area is 415 Å². The molecule has 0 aliphatic carbocycles. The van der Waals surface area contributed by atoms with Crippen LogP contribution in [0.15, 0.2) is 72.9 Å². The molecule has 0 spiro atoms. The summed E-state index contributed by atoms with van der Waals surface area (Å²) in [5.41, 5.74) is -1.68. The van der Waals surface area contributed by atoms with Gasteiger partial charge >= 0.3 is 0 Å². The average molecular weight is 921 g/mol. The Bertz CT molecular complexity index is 1160. The van der Waals surface area contributed by atoms with Crippen molar-refractivity contribution in [3.63, 3.8) is 0 Å². The van der Waals surface area contributed by atoms with Gasteiger partial charge < -0.3 is 15.1 Å². The molecule has 3 unspecified atom stereocenters.